The Hall–Kier alpha value is -0.310. The molecule has 2 rings (SSSR count). The average Bonchev–Trinajstić information content (AvgIpc) is 2.42. The first-order valence-corrected chi connectivity index (χ1v) is 6.11. The number of halogens is 5. The highest BCUT2D eigenvalue weighted by molar-refractivity contribution is 14.1. The highest BCUT2D eigenvalue weighted by atomic mass is 127. The van der Waals surface area contributed by atoms with Gasteiger partial charge in [0.05, 0.1) is 0 Å². The first-order chi connectivity index (χ1) is 7.38. The molecule has 0 saturated heterocycles. The number of hydrogen-bond acceptors (Lipinski definition) is 1. The number of aromatic nitrogens is 2. The van der Waals surface area contributed by atoms with Gasteiger partial charge in [0, 0.05) is 25.8 Å². The fraction of sp³-hybridized carbons (Fsp3) is 0.222. The van der Waals surface area contributed by atoms with E-state index in [0.717, 1.165) is 12.6 Å². The summed E-state index contributed by atoms with van der Waals surface area (Å²) in [5, 5.41) is 0.715. The highest BCUT2D eigenvalue weighted by Crippen LogP contribution is 2.30. The minimum atomic E-state index is -4.24. The Kier molecular flexibility index (Phi) is 3.17. The minimum Gasteiger partial charge on any atom is -0.322 e. The van der Waals surface area contributed by atoms with Gasteiger partial charge < -0.3 is 4.57 Å². The van der Waals surface area contributed by atoms with Crippen LogP contribution in [0.4, 0.5) is 13.2 Å². The van der Waals surface area contributed by atoms with E-state index in [0.29, 0.717) is 11.0 Å². The van der Waals surface area contributed by atoms with Crippen molar-refractivity contribution in [1.29, 1.82) is 0 Å². The molecule has 0 N–H and O–H groups in total. The van der Waals surface area contributed by atoms with Crippen molar-refractivity contribution < 1.29 is 13.2 Å². The summed E-state index contributed by atoms with van der Waals surface area (Å²) < 4.78 is 39.6. The van der Waals surface area contributed by atoms with E-state index < -0.39 is 12.7 Å². The van der Waals surface area contributed by atoms with Crippen LogP contribution in [0.2, 0.25) is 0 Å². The third-order valence-electron chi connectivity index (χ3n) is 2.01. The lowest BCUT2D eigenvalue weighted by Gasteiger charge is -2.08. The second kappa shape index (κ2) is 4.17. The lowest BCUT2D eigenvalue weighted by Crippen LogP contribution is -2.17. The van der Waals surface area contributed by atoms with Gasteiger partial charge in [0.1, 0.15) is 12.2 Å². The van der Waals surface area contributed by atoms with Crippen molar-refractivity contribution in [2.75, 3.05) is 0 Å². The molecular weight excluding hydrogens is 400 g/mol. The smallest absolute Gasteiger partial charge is 0.322 e. The monoisotopic (exact) mass is 404 g/mol. The van der Waals surface area contributed by atoms with Crippen LogP contribution in [0.1, 0.15) is 0 Å². The molecule has 0 aromatic carbocycles. The van der Waals surface area contributed by atoms with E-state index in [2.05, 4.69) is 20.9 Å². The minimum absolute atomic E-state index is 0.344. The molecule has 0 aliphatic rings. The molecule has 2 heterocycles. The van der Waals surface area contributed by atoms with Crippen LogP contribution in [0.25, 0.3) is 11.0 Å². The summed E-state index contributed by atoms with van der Waals surface area (Å²) >= 11 is 5.30. The van der Waals surface area contributed by atoms with E-state index in [-0.39, 0.29) is 0 Å². The molecule has 86 valence electrons. The molecule has 0 atom stereocenters. The maximum Gasteiger partial charge on any atom is 0.406 e. The van der Waals surface area contributed by atoms with Gasteiger partial charge in [-0.15, -0.1) is 0 Å². The third-order valence-corrected chi connectivity index (χ3v) is 3.49. The normalized spacial score (nSPS) is 12.3. The molecule has 0 saturated carbocycles. The zero-order chi connectivity index (χ0) is 11.9. The quantitative estimate of drug-likeness (QED) is 0.658. The van der Waals surface area contributed by atoms with E-state index in [4.69, 9.17) is 0 Å². The maximum atomic E-state index is 12.3. The zero-order valence-electron chi connectivity index (χ0n) is 7.72. The Bertz CT molecular complexity index is 535. The molecule has 0 aliphatic carbocycles. The van der Waals surface area contributed by atoms with Crippen molar-refractivity contribution >= 4 is 49.6 Å². The van der Waals surface area contributed by atoms with E-state index in [9.17, 15) is 13.2 Å². The molecule has 0 unspecified atom stereocenters. The van der Waals surface area contributed by atoms with Crippen LogP contribution < -0.4 is 0 Å². The van der Waals surface area contributed by atoms with E-state index in [1.54, 1.807) is 6.07 Å². The number of rotatable bonds is 1. The van der Waals surface area contributed by atoms with Gasteiger partial charge in [0.25, 0.3) is 0 Å². The number of hydrogen-bond donors (Lipinski definition) is 0. The standard InChI is InChI=1S/C9H5BrF3IN2/c10-5-1-2-15-8-7(5)6(14)3-16(8)4-9(11,12)13/h1-3H,4H2. The molecule has 0 fully saturated rings. The van der Waals surface area contributed by atoms with E-state index in [1.807, 2.05) is 22.6 Å². The SMILES string of the molecule is FC(F)(F)Cn1cc(I)c2c(Br)ccnc21. The van der Waals surface area contributed by atoms with Gasteiger partial charge >= 0.3 is 6.18 Å². The lowest BCUT2D eigenvalue weighted by molar-refractivity contribution is -0.139. The molecule has 7 heteroatoms. The topological polar surface area (TPSA) is 17.8 Å². The van der Waals surface area contributed by atoms with Crippen molar-refractivity contribution in [3.8, 4) is 0 Å². The van der Waals surface area contributed by atoms with Crippen molar-refractivity contribution in [2.24, 2.45) is 0 Å². The first-order valence-electron chi connectivity index (χ1n) is 4.24. The first kappa shape index (κ1) is 12.2. The van der Waals surface area contributed by atoms with E-state index >= 15 is 0 Å². The summed E-state index contributed by atoms with van der Waals surface area (Å²) in [5.74, 6) is 0. The number of alkyl halides is 3. The molecule has 16 heavy (non-hydrogen) atoms. The Balaban J connectivity index is 2.60. The lowest BCUT2D eigenvalue weighted by atomic mass is 10.3. The Morgan fingerprint density at radius 3 is 2.75 bits per heavy atom. The summed E-state index contributed by atoms with van der Waals surface area (Å²) in [6.07, 6.45) is -1.30. The summed E-state index contributed by atoms with van der Waals surface area (Å²) in [5.41, 5.74) is 0.344. The van der Waals surface area contributed by atoms with Crippen LogP contribution in [-0.4, -0.2) is 15.7 Å². The molecule has 0 bridgehead atoms. The second-order valence-corrected chi connectivity index (χ2v) is 5.23. The zero-order valence-corrected chi connectivity index (χ0v) is 11.5. The fourth-order valence-corrected chi connectivity index (χ4v) is 3.19. The molecule has 0 spiro atoms. The highest BCUT2D eigenvalue weighted by Gasteiger charge is 2.29. The maximum absolute atomic E-state index is 12.3. The van der Waals surface area contributed by atoms with Crippen molar-refractivity contribution in [3.05, 3.63) is 26.5 Å². The Labute approximate surface area is 111 Å². The summed E-state index contributed by atoms with van der Waals surface area (Å²) in [7, 11) is 0. The van der Waals surface area contributed by atoms with Crippen LogP contribution in [0, 0.1) is 3.57 Å². The molecule has 0 aliphatic heterocycles. The van der Waals surface area contributed by atoms with E-state index in [1.165, 1.54) is 12.4 Å². The fourth-order valence-electron chi connectivity index (χ4n) is 1.44. The van der Waals surface area contributed by atoms with Gasteiger partial charge in [-0.3, -0.25) is 0 Å². The molecule has 0 amide bonds. The van der Waals surface area contributed by atoms with Gasteiger partial charge in [-0.2, -0.15) is 13.2 Å². The second-order valence-electron chi connectivity index (χ2n) is 3.21. The average molecular weight is 405 g/mol. The predicted molar refractivity (Wildman–Crippen MR) is 66.2 cm³/mol. The van der Waals surface area contributed by atoms with Gasteiger partial charge in [-0.05, 0) is 44.6 Å². The molecule has 2 nitrogen and oxygen atoms in total. The van der Waals surface area contributed by atoms with Crippen LogP contribution in [0.3, 0.4) is 0 Å². The number of nitrogens with zero attached hydrogens (tertiary/aromatic N) is 2. The van der Waals surface area contributed by atoms with Crippen molar-refractivity contribution in [1.82, 2.24) is 9.55 Å². The van der Waals surface area contributed by atoms with Gasteiger partial charge in [0.2, 0.25) is 0 Å². The molecule has 2 aromatic heterocycles. The van der Waals surface area contributed by atoms with Crippen molar-refractivity contribution in [3.63, 3.8) is 0 Å². The number of fused-ring (bicyclic) bond motifs is 1. The Morgan fingerprint density at radius 2 is 2.12 bits per heavy atom. The molecule has 0 radical (unpaired) electrons. The summed E-state index contributed by atoms with van der Waals surface area (Å²) in [6, 6.07) is 1.71. The largest absolute Gasteiger partial charge is 0.406 e. The van der Waals surface area contributed by atoms with Crippen LogP contribution in [0.5, 0.6) is 0 Å². The number of pyridine rings is 1. The Morgan fingerprint density at radius 1 is 1.44 bits per heavy atom. The third kappa shape index (κ3) is 2.34. The summed E-state index contributed by atoms with van der Waals surface area (Å²) in [6.45, 7) is -1.02. The van der Waals surface area contributed by atoms with Crippen molar-refractivity contribution in [2.45, 2.75) is 12.7 Å². The predicted octanol–water partition coefficient (Wildman–Crippen LogP) is 3.97. The van der Waals surface area contributed by atoms with Gasteiger partial charge in [-0.1, -0.05) is 0 Å². The molecule has 2 aromatic rings. The van der Waals surface area contributed by atoms with Crippen LogP contribution in [-0.2, 0) is 6.54 Å². The van der Waals surface area contributed by atoms with Gasteiger partial charge in [-0.25, -0.2) is 4.98 Å². The van der Waals surface area contributed by atoms with Crippen LogP contribution >= 0.6 is 38.5 Å². The van der Waals surface area contributed by atoms with Gasteiger partial charge in [0.15, 0.2) is 0 Å². The molecular formula is C9H5BrF3IN2. The van der Waals surface area contributed by atoms with Crippen LogP contribution in [0.15, 0.2) is 22.9 Å². The summed E-state index contributed by atoms with van der Waals surface area (Å²) in [4.78, 5) is 3.98.